The van der Waals surface area contributed by atoms with E-state index in [1.54, 1.807) is 6.08 Å². The number of rotatable bonds is 18. The van der Waals surface area contributed by atoms with Crippen molar-refractivity contribution in [2.45, 2.75) is 116 Å². The van der Waals surface area contributed by atoms with Crippen LogP contribution in [0.4, 0.5) is 0 Å². The molecule has 1 atom stereocenters. The molecule has 3 heteroatoms. The summed E-state index contributed by atoms with van der Waals surface area (Å²) in [5.41, 5.74) is 0. The van der Waals surface area contributed by atoms with E-state index >= 15 is 0 Å². The highest BCUT2D eigenvalue weighted by atomic mass is 16.5. The van der Waals surface area contributed by atoms with Gasteiger partial charge in [0, 0.05) is 25.3 Å². The summed E-state index contributed by atoms with van der Waals surface area (Å²) in [5.74, 6) is -0.102. The van der Waals surface area contributed by atoms with E-state index in [1.165, 1.54) is 76.7 Å². The minimum atomic E-state index is -0.283. The van der Waals surface area contributed by atoms with Crippen LogP contribution in [0, 0.1) is 0 Å². The van der Waals surface area contributed by atoms with Crippen LogP contribution in [0.3, 0.4) is 0 Å². The molecule has 0 bridgehead atoms. The van der Waals surface area contributed by atoms with E-state index in [0.717, 1.165) is 19.3 Å². The number of ether oxygens (including phenoxy) is 1. The van der Waals surface area contributed by atoms with E-state index in [-0.39, 0.29) is 17.9 Å². The topological polar surface area (TPSA) is 43.4 Å². The number of unbranched alkanes of at least 4 members (excludes halogenated alkanes) is 11. The predicted octanol–water partition coefficient (Wildman–Crippen LogP) is 7.41. The Morgan fingerprint density at radius 3 is 2.21 bits per heavy atom. The molecule has 3 nitrogen and oxygen atoms in total. The summed E-state index contributed by atoms with van der Waals surface area (Å²) in [6.07, 6.45) is 29.8. The molecular formula is C26H42O3. The number of cyclic esters (lactones) is 1. The van der Waals surface area contributed by atoms with Gasteiger partial charge in [0.15, 0.2) is 5.78 Å². The molecular weight excluding hydrogens is 360 g/mol. The molecule has 1 aliphatic rings. The average molecular weight is 403 g/mol. The summed E-state index contributed by atoms with van der Waals surface area (Å²) in [7, 11) is 0. The van der Waals surface area contributed by atoms with Crippen LogP contribution in [0.5, 0.6) is 0 Å². The molecule has 0 amide bonds. The van der Waals surface area contributed by atoms with Crippen LogP contribution in [0.2, 0.25) is 0 Å². The normalized spacial score (nSPS) is 16.7. The van der Waals surface area contributed by atoms with Gasteiger partial charge in [0.2, 0.25) is 0 Å². The molecule has 0 fully saturated rings. The van der Waals surface area contributed by atoms with Crippen molar-refractivity contribution in [2.24, 2.45) is 0 Å². The van der Waals surface area contributed by atoms with Gasteiger partial charge in [-0.05, 0) is 38.2 Å². The monoisotopic (exact) mass is 402 g/mol. The molecule has 0 saturated carbocycles. The molecule has 1 heterocycles. The third kappa shape index (κ3) is 15.9. The maximum Gasteiger partial charge on any atom is 0.330 e. The fraction of sp³-hybridized carbons (Fsp3) is 0.692. The van der Waals surface area contributed by atoms with E-state index in [1.807, 2.05) is 12.2 Å². The Morgan fingerprint density at radius 1 is 0.931 bits per heavy atom. The van der Waals surface area contributed by atoms with Crippen molar-refractivity contribution in [2.75, 3.05) is 0 Å². The second-order valence-electron chi connectivity index (χ2n) is 8.14. The lowest BCUT2D eigenvalue weighted by Gasteiger charge is -2.16. The van der Waals surface area contributed by atoms with Gasteiger partial charge in [0.25, 0.3) is 0 Å². The Hall–Kier alpha value is -1.64. The van der Waals surface area contributed by atoms with Crippen LogP contribution in [-0.2, 0) is 14.3 Å². The van der Waals surface area contributed by atoms with Gasteiger partial charge >= 0.3 is 5.97 Å². The Kier molecular flexibility index (Phi) is 16.1. The number of hydrogen-bond donors (Lipinski definition) is 0. The molecule has 0 spiro atoms. The van der Waals surface area contributed by atoms with E-state index < -0.39 is 0 Å². The number of allylic oxidation sites excluding steroid dienone is 3. The SMILES string of the molecule is CCCCCCCC/C=C\CCCCCCCC(=O)/C=C/C[C@@H]1CC=CC(=O)O1. The fourth-order valence-corrected chi connectivity index (χ4v) is 3.52. The van der Waals surface area contributed by atoms with Crippen LogP contribution in [0.25, 0.3) is 0 Å². The number of carbonyl (C=O) groups is 2. The Balaban J connectivity index is 1.86. The van der Waals surface area contributed by atoms with Gasteiger partial charge in [-0.15, -0.1) is 0 Å². The zero-order valence-corrected chi connectivity index (χ0v) is 18.6. The molecule has 0 radical (unpaired) electrons. The summed E-state index contributed by atoms with van der Waals surface area (Å²) < 4.78 is 5.17. The highest BCUT2D eigenvalue weighted by molar-refractivity contribution is 5.89. The minimum absolute atomic E-state index is 0.114. The summed E-state index contributed by atoms with van der Waals surface area (Å²) >= 11 is 0. The Morgan fingerprint density at radius 2 is 1.55 bits per heavy atom. The van der Waals surface area contributed by atoms with Crippen molar-refractivity contribution < 1.29 is 14.3 Å². The lowest BCUT2D eigenvalue weighted by molar-refractivity contribution is -0.143. The summed E-state index contributed by atoms with van der Waals surface area (Å²) in [6, 6.07) is 0. The molecule has 0 saturated heterocycles. The third-order valence-corrected chi connectivity index (χ3v) is 5.32. The number of carbonyl (C=O) groups excluding carboxylic acids is 2. The van der Waals surface area contributed by atoms with Gasteiger partial charge in [-0.2, -0.15) is 0 Å². The number of hydrogen-bond acceptors (Lipinski definition) is 3. The molecule has 0 aromatic heterocycles. The molecule has 0 N–H and O–H groups in total. The largest absolute Gasteiger partial charge is 0.459 e. The maximum atomic E-state index is 11.9. The second-order valence-corrected chi connectivity index (χ2v) is 8.14. The second kappa shape index (κ2) is 18.4. The van der Waals surface area contributed by atoms with Crippen LogP contribution < -0.4 is 0 Å². The third-order valence-electron chi connectivity index (χ3n) is 5.32. The van der Waals surface area contributed by atoms with Crippen LogP contribution >= 0.6 is 0 Å². The summed E-state index contributed by atoms with van der Waals surface area (Å²) in [5, 5.41) is 0. The van der Waals surface area contributed by atoms with Gasteiger partial charge < -0.3 is 4.74 Å². The zero-order valence-electron chi connectivity index (χ0n) is 18.6. The van der Waals surface area contributed by atoms with Crippen LogP contribution in [-0.4, -0.2) is 17.9 Å². The van der Waals surface area contributed by atoms with Crippen molar-refractivity contribution in [3.63, 3.8) is 0 Å². The first kappa shape index (κ1) is 25.4. The van der Waals surface area contributed by atoms with Crippen LogP contribution in [0.15, 0.2) is 36.5 Å². The number of ketones is 1. The van der Waals surface area contributed by atoms with Gasteiger partial charge in [-0.1, -0.05) is 82.6 Å². The quantitative estimate of drug-likeness (QED) is 0.104. The molecule has 0 aromatic rings. The lowest BCUT2D eigenvalue weighted by atomic mass is 10.1. The first-order chi connectivity index (χ1) is 14.2. The Bertz CT molecular complexity index is 516. The minimum Gasteiger partial charge on any atom is -0.459 e. The molecule has 0 aliphatic carbocycles. The lowest BCUT2D eigenvalue weighted by Crippen LogP contribution is -2.18. The highest BCUT2D eigenvalue weighted by Gasteiger charge is 2.13. The van der Waals surface area contributed by atoms with Crippen molar-refractivity contribution in [3.8, 4) is 0 Å². The zero-order chi connectivity index (χ0) is 21.0. The van der Waals surface area contributed by atoms with Crippen molar-refractivity contribution in [1.82, 2.24) is 0 Å². The van der Waals surface area contributed by atoms with Gasteiger partial charge in [-0.25, -0.2) is 4.79 Å². The molecule has 1 aliphatic heterocycles. The van der Waals surface area contributed by atoms with E-state index in [0.29, 0.717) is 12.8 Å². The summed E-state index contributed by atoms with van der Waals surface area (Å²) in [4.78, 5) is 23.0. The van der Waals surface area contributed by atoms with Crippen molar-refractivity contribution >= 4 is 11.8 Å². The van der Waals surface area contributed by atoms with Gasteiger partial charge in [0.05, 0.1) is 0 Å². The molecule has 0 aromatic carbocycles. The maximum absolute atomic E-state index is 11.9. The van der Waals surface area contributed by atoms with E-state index in [9.17, 15) is 9.59 Å². The first-order valence-electron chi connectivity index (χ1n) is 11.9. The first-order valence-corrected chi connectivity index (χ1v) is 11.9. The van der Waals surface area contributed by atoms with E-state index in [4.69, 9.17) is 4.74 Å². The predicted molar refractivity (Wildman–Crippen MR) is 122 cm³/mol. The smallest absolute Gasteiger partial charge is 0.330 e. The van der Waals surface area contributed by atoms with Crippen LogP contribution in [0.1, 0.15) is 110 Å². The molecule has 1 rings (SSSR count). The Labute approximate surface area is 178 Å². The molecule has 164 valence electrons. The van der Waals surface area contributed by atoms with Crippen molar-refractivity contribution in [3.05, 3.63) is 36.5 Å². The standard InChI is InChI=1S/C26H42O3/c1-2-3-4-5-6-7-8-9-10-11-12-13-14-15-16-19-24(27)20-17-21-25-22-18-23-26(28)29-25/h9-10,17-18,20,23,25H,2-8,11-16,19,21-22H2,1H3/b10-9-,20-17+/t25-/m1/s1. The highest BCUT2D eigenvalue weighted by Crippen LogP contribution is 2.13. The van der Waals surface area contributed by atoms with E-state index in [2.05, 4.69) is 19.1 Å². The molecule has 0 unspecified atom stereocenters. The molecule has 29 heavy (non-hydrogen) atoms. The van der Waals surface area contributed by atoms with Gasteiger partial charge in [-0.3, -0.25) is 4.79 Å². The number of esters is 1. The summed E-state index contributed by atoms with van der Waals surface area (Å²) in [6.45, 7) is 2.26. The average Bonchev–Trinajstić information content (AvgIpc) is 2.71. The van der Waals surface area contributed by atoms with Gasteiger partial charge in [0.1, 0.15) is 6.10 Å². The fourth-order valence-electron chi connectivity index (χ4n) is 3.52. The van der Waals surface area contributed by atoms with Crippen molar-refractivity contribution in [1.29, 1.82) is 0 Å².